The van der Waals surface area contributed by atoms with E-state index in [4.69, 9.17) is 5.73 Å². The van der Waals surface area contributed by atoms with Gasteiger partial charge >= 0.3 is 0 Å². The number of aromatic nitrogens is 3. The number of nitrogens with two attached hydrogens (primary N) is 1. The van der Waals surface area contributed by atoms with Crippen LogP contribution in [0, 0.1) is 5.92 Å². The van der Waals surface area contributed by atoms with Crippen molar-refractivity contribution in [1.82, 2.24) is 20.3 Å². The van der Waals surface area contributed by atoms with Crippen molar-refractivity contribution < 1.29 is 4.79 Å². The van der Waals surface area contributed by atoms with E-state index in [1.807, 2.05) is 0 Å². The van der Waals surface area contributed by atoms with Crippen molar-refractivity contribution in [1.29, 1.82) is 0 Å². The van der Waals surface area contributed by atoms with Gasteiger partial charge in [0.2, 0.25) is 0 Å². The molecule has 0 bridgehead atoms. The lowest BCUT2D eigenvalue weighted by atomic mass is 9.84. The minimum Gasteiger partial charge on any atom is -0.346 e. The predicted molar refractivity (Wildman–Crippen MR) is 67.9 cm³/mol. The standard InChI is InChI=1S/C12H21N5O/c1-17-8-11(15-16-17)12(18)14-10(7-13)9-5-3-2-4-6-9/h8-10H,2-7,13H2,1H3,(H,14,18). The SMILES string of the molecule is Cn1cc(C(=O)NC(CN)C2CCCCC2)nn1. The van der Waals surface area contributed by atoms with Crippen LogP contribution in [0.3, 0.4) is 0 Å². The normalized spacial score (nSPS) is 18.6. The summed E-state index contributed by atoms with van der Waals surface area (Å²) in [5.74, 6) is 0.327. The van der Waals surface area contributed by atoms with E-state index in [9.17, 15) is 4.79 Å². The van der Waals surface area contributed by atoms with E-state index in [0.717, 1.165) is 12.8 Å². The zero-order valence-electron chi connectivity index (χ0n) is 10.8. The van der Waals surface area contributed by atoms with Crippen LogP contribution in [0.2, 0.25) is 0 Å². The van der Waals surface area contributed by atoms with E-state index in [2.05, 4.69) is 15.6 Å². The molecule has 1 heterocycles. The van der Waals surface area contributed by atoms with Gasteiger partial charge in [0.25, 0.3) is 5.91 Å². The van der Waals surface area contributed by atoms with Crippen molar-refractivity contribution >= 4 is 5.91 Å². The summed E-state index contributed by atoms with van der Waals surface area (Å²) in [6.45, 7) is 0.483. The highest BCUT2D eigenvalue weighted by Crippen LogP contribution is 2.26. The van der Waals surface area contributed by atoms with Crippen molar-refractivity contribution in [3.05, 3.63) is 11.9 Å². The number of nitrogens with one attached hydrogen (secondary N) is 1. The van der Waals surface area contributed by atoms with Crippen LogP contribution < -0.4 is 11.1 Å². The number of nitrogens with zero attached hydrogens (tertiary/aromatic N) is 3. The molecule has 1 saturated carbocycles. The molecule has 1 aromatic rings. The van der Waals surface area contributed by atoms with Crippen LogP contribution in [0.1, 0.15) is 42.6 Å². The monoisotopic (exact) mass is 251 g/mol. The molecule has 6 heteroatoms. The van der Waals surface area contributed by atoms with Gasteiger partial charge in [-0.2, -0.15) is 0 Å². The van der Waals surface area contributed by atoms with Gasteiger partial charge in [-0.15, -0.1) is 5.10 Å². The van der Waals surface area contributed by atoms with Crippen LogP contribution >= 0.6 is 0 Å². The van der Waals surface area contributed by atoms with Crippen LogP contribution in [-0.2, 0) is 7.05 Å². The predicted octanol–water partition coefficient (Wildman–Crippen LogP) is 0.452. The molecule has 0 saturated heterocycles. The highest BCUT2D eigenvalue weighted by molar-refractivity contribution is 5.92. The quantitative estimate of drug-likeness (QED) is 0.813. The summed E-state index contributed by atoms with van der Waals surface area (Å²) in [5, 5.41) is 10.6. The van der Waals surface area contributed by atoms with E-state index in [1.165, 1.54) is 23.9 Å². The van der Waals surface area contributed by atoms with Crippen LogP contribution in [0.25, 0.3) is 0 Å². The van der Waals surface area contributed by atoms with E-state index in [0.29, 0.717) is 18.2 Å². The molecule has 100 valence electrons. The molecule has 0 aromatic carbocycles. The molecule has 18 heavy (non-hydrogen) atoms. The fraction of sp³-hybridized carbons (Fsp3) is 0.750. The summed E-state index contributed by atoms with van der Waals surface area (Å²) in [6.07, 6.45) is 7.70. The Morgan fingerprint density at radius 2 is 2.28 bits per heavy atom. The summed E-state index contributed by atoms with van der Waals surface area (Å²) in [4.78, 5) is 12.0. The number of hydrogen-bond donors (Lipinski definition) is 2. The summed E-state index contributed by atoms with van der Waals surface area (Å²) in [7, 11) is 1.74. The molecule has 0 aliphatic heterocycles. The topological polar surface area (TPSA) is 85.8 Å². The van der Waals surface area contributed by atoms with Gasteiger partial charge in [0, 0.05) is 19.6 Å². The Morgan fingerprint density at radius 1 is 1.56 bits per heavy atom. The number of carbonyl (C=O) groups excluding carboxylic acids is 1. The van der Waals surface area contributed by atoms with E-state index < -0.39 is 0 Å². The first-order chi connectivity index (χ1) is 8.70. The van der Waals surface area contributed by atoms with Crippen LogP contribution in [0.15, 0.2) is 6.20 Å². The Bertz CT molecular complexity index is 397. The highest BCUT2D eigenvalue weighted by atomic mass is 16.2. The zero-order chi connectivity index (χ0) is 13.0. The fourth-order valence-corrected chi connectivity index (χ4v) is 2.60. The van der Waals surface area contributed by atoms with E-state index in [-0.39, 0.29) is 11.9 Å². The maximum absolute atomic E-state index is 12.0. The third-order valence-corrected chi connectivity index (χ3v) is 3.62. The third-order valence-electron chi connectivity index (χ3n) is 3.62. The minimum absolute atomic E-state index is 0.0554. The second-order valence-corrected chi connectivity index (χ2v) is 4.99. The van der Waals surface area contributed by atoms with Crippen molar-refractivity contribution in [2.45, 2.75) is 38.1 Å². The van der Waals surface area contributed by atoms with Crippen molar-refractivity contribution in [3.8, 4) is 0 Å². The largest absolute Gasteiger partial charge is 0.346 e. The zero-order valence-corrected chi connectivity index (χ0v) is 10.8. The molecular weight excluding hydrogens is 230 g/mol. The molecule has 6 nitrogen and oxygen atoms in total. The molecule has 1 atom stereocenters. The van der Waals surface area contributed by atoms with Gasteiger partial charge in [0.1, 0.15) is 0 Å². The third kappa shape index (κ3) is 3.07. The number of hydrogen-bond acceptors (Lipinski definition) is 4. The molecular formula is C12H21N5O. The number of amides is 1. The molecule has 1 unspecified atom stereocenters. The van der Waals surface area contributed by atoms with Gasteiger partial charge in [-0.3, -0.25) is 9.48 Å². The molecule has 1 aromatic heterocycles. The summed E-state index contributed by atoms with van der Waals surface area (Å²) in [5.41, 5.74) is 6.13. The first-order valence-electron chi connectivity index (χ1n) is 6.58. The second kappa shape index (κ2) is 5.95. The van der Waals surface area contributed by atoms with E-state index in [1.54, 1.807) is 13.2 Å². The average Bonchev–Trinajstić information content (AvgIpc) is 2.83. The maximum Gasteiger partial charge on any atom is 0.273 e. The molecule has 1 amide bonds. The maximum atomic E-state index is 12.0. The summed E-state index contributed by atoms with van der Waals surface area (Å²) in [6, 6.07) is 0.0554. The van der Waals surface area contributed by atoms with Gasteiger partial charge < -0.3 is 11.1 Å². The summed E-state index contributed by atoms with van der Waals surface area (Å²) >= 11 is 0. The van der Waals surface area contributed by atoms with Gasteiger partial charge in [0.15, 0.2) is 5.69 Å². The first-order valence-corrected chi connectivity index (χ1v) is 6.58. The van der Waals surface area contributed by atoms with Gasteiger partial charge in [0.05, 0.1) is 6.20 Å². The second-order valence-electron chi connectivity index (χ2n) is 4.99. The van der Waals surface area contributed by atoms with Crippen LogP contribution in [0.4, 0.5) is 0 Å². The fourth-order valence-electron chi connectivity index (χ4n) is 2.60. The number of carbonyl (C=O) groups is 1. The Morgan fingerprint density at radius 3 is 2.83 bits per heavy atom. The van der Waals surface area contributed by atoms with Crippen molar-refractivity contribution in [2.75, 3.05) is 6.54 Å². The smallest absolute Gasteiger partial charge is 0.273 e. The number of rotatable bonds is 4. The van der Waals surface area contributed by atoms with Gasteiger partial charge in [-0.25, -0.2) is 0 Å². The molecule has 0 radical (unpaired) electrons. The molecule has 1 fully saturated rings. The van der Waals surface area contributed by atoms with E-state index >= 15 is 0 Å². The van der Waals surface area contributed by atoms with Gasteiger partial charge in [-0.1, -0.05) is 24.5 Å². The lowest BCUT2D eigenvalue weighted by molar-refractivity contribution is 0.0910. The molecule has 1 aliphatic rings. The average molecular weight is 251 g/mol. The minimum atomic E-state index is -0.177. The molecule has 2 rings (SSSR count). The highest BCUT2D eigenvalue weighted by Gasteiger charge is 2.25. The molecule has 0 spiro atoms. The van der Waals surface area contributed by atoms with Crippen LogP contribution in [0.5, 0.6) is 0 Å². The molecule has 3 N–H and O–H groups in total. The van der Waals surface area contributed by atoms with Gasteiger partial charge in [-0.05, 0) is 18.8 Å². The summed E-state index contributed by atoms with van der Waals surface area (Å²) < 4.78 is 1.52. The van der Waals surface area contributed by atoms with Crippen molar-refractivity contribution in [3.63, 3.8) is 0 Å². The molecule has 1 aliphatic carbocycles. The Hall–Kier alpha value is -1.43. The Kier molecular flexibility index (Phi) is 4.30. The lowest BCUT2D eigenvalue weighted by Crippen LogP contribution is -2.46. The lowest BCUT2D eigenvalue weighted by Gasteiger charge is -2.29. The first kappa shape index (κ1) is 13.0. The number of aryl methyl sites for hydroxylation is 1. The van der Waals surface area contributed by atoms with Crippen molar-refractivity contribution in [2.24, 2.45) is 18.7 Å². The Balaban J connectivity index is 1.95. The Labute approximate surface area is 107 Å². The van der Waals surface area contributed by atoms with Crippen LogP contribution in [-0.4, -0.2) is 33.5 Å².